The van der Waals surface area contributed by atoms with Crippen LogP contribution in [0, 0.1) is 0 Å². The predicted molar refractivity (Wildman–Crippen MR) is 325 cm³/mol. The molecule has 468 valence electrons. The maximum atomic E-state index is 11.4. The molecule has 0 aliphatic rings. The molecule has 0 aliphatic carbocycles. The Hall–Kier alpha value is -9.18. The minimum absolute atomic E-state index is 0.0662. The van der Waals surface area contributed by atoms with Crippen molar-refractivity contribution in [2.75, 3.05) is 103 Å². The molecule has 0 saturated heterocycles. The largest absolute Gasteiger partial charge is 0.497 e. The van der Waals surface area contributed by atoms with Crippen LogP contribution in [0.2, 0.25) is 0 Å². The van der Waals surface area contributed by atoms with Gasteiger partial charge in [-0.3, -0.25) is 0 Å². The zero-order valence-electron chi connectivity index (χ0n) is 50.9. The summed E-state index contributed by atoms with van der Waals surface area (Å²) in [6.45, 7) is 1.26. The fourth-order valence-electron chi connectivity index (χ4n) is 8.51. The van der Waals surface area contributed by atoms with Crippen LogP contribution in [0.4, 0.5) is 0 Å². The molecule has 0 bridgehead atoms. The number of carboxylic acid groups (broad SMARTS) is 3. The van der Waals surface area contributed by atoms with Gasteiger partial charge in [0.1, 0.15) is 72.6 Å². The third kappa shape index (κ3) is 27.2. The highest BCUT2D eigenvalue weighted by Crippen LogP contribution is 2.25. The lowest BCUT2D eigenvalue weighted by Crippen LogP contribution is -2.37. The topological polar surface area (TPSA) is 256 Å². The standard InChI is InChI=1S/3C22H27NO6/c3*1-23(2)14-19(29-22(26)21(24)25)15-28-20-7-5-4-6-17(20)11-8-16-9-12-18(27-3)13-10-16/h3*4-7,9-10,12-13,19H,8,11,14-15H2,1-3H3,(H,24,25)/t2*19-;/m10./s1. The van der Waals surface area contributed by atoms with Gasteiger partial charge in [-0.15, -0.1) is 0 Å². The van der Waals surface area contributed by atoms with Gasteiger partial charge in [0.2, 0.25) is 0 Å². The number of ether oxygens (including phenoxy) is 9. The number of likely N-dealkylation sites (N-methyl/N-ethyl adjacent to an activating group) is 3. The van der Waals surface area contributed by atoms with E-state index in [1.807, 2.05) is 188 Å². The van der Waals surface area contributed by atoms with Crippen molar-refractivity contribution in [3.05, 3.63) is 179 Å². The molecule has 0 fully saturated rings. The molecular formula is C66H81N3O18. The Balaban J connectivity index is 0.000000279. The van der Waals surface area contributed by atoms with Crippen molar-refractivity contribution in [2.24, 2.45) is 0 Å². The lowest BCUT2D eigenvalue weighted by molar-refractivity contribution is -0.168. The molecule has 87 heavy (non-hydrogen) atoms. The van der Waals surface area contributed by atoms with E-state index in [0.29, 0.717) is 36.9 Å². The summed E-state index contributed by atoms with van der Waals surface area (Å²) in [5, 5.41) is 26.3. The van der Waals surface area contributed by atoms with Crippen LogP contribution in [0.5, 0.6) is 34.5 Å². The van der Waals surface area contributed by atoms with Gasteiger partial charge in [-0.25, -0.2) is 28.8 Å². The van der Waals surface area contributed by atoms with Crippen LogP contribution in [0.25, 0.3) is 0 Å². The maximum Gasteiger partial charge on any atom is 0.417 e. The third-order valence-electron chi connectivity index (χ3n) is 12.8. The van der Waals surface area contributed by atoms with E-state index < -0.39 is 54.1 Å². The van der Waals surface area contributed by atoms with Gasteiger partial charge in [0.25, 0.3) is 0 Å². The first-order valence-electron chi connectivity index (χ1n) is 27.9. The first kappa shape index (κ1) is 70.3. The number of para-hydroxylation sites is 3. The van der Waals surface area contributed by atoms with E-state index in [-0.39, 0.29) is 19.8 Å². The Morgan fingerprint density at radius 2 is 0.575 bits per heavy atom. The Labute approximate surface area is 508 Å². The Morgan fingerprint density at radius 3 is 0.782 bits per heavy atom. The number of benzene rings is 6. The molecule has 0 heterocycles. The van der Waals surface area contributed by atoms with Crippen LogP contribution in [-0.4, -0.2) is 187 Å². The second-order valence-corrected chi connectivity index (χ2v) is 20.6. The number of hydrogen-bond donors (Lipinski definition) is 3. The van der Waals surface area contributed by atoms with Gasteiger partial charge in [-0.2, -0.15) is 0 Å². The second-order valence-electron chi connectivity index (χ2n) is 20.6. The molecule has 0 saturated carbocycles. The first-order valence-corrected chi connectivity index (χ1v) is 27.9. The van der Waals surface area contributed by atoms with E-state index in [4.69, 9.17) is 58.0 Å². The molecule has 21 nitrogen and oxygen atoms in total. The zero-order valence-corrected chi connectivity index (χ0v) is 50.9. The number of carbonyl (C=O) groups is 6. The van der Waals surface area contributed by atoms with Gasteiger partial charge >= 0.3 is 35.8 Å². The molecule has 6 aromatic rings. The number of hydrogen-bond acceptors (Lipinski definition) is 18. The number of nitrogens with zero attached hydrogens (tertiary/aromatic N) is 3. The van der Waals surface area contributed by atoms with Gasteiger partial charge in [-0.05, 0) is 169 Å². The van der Waals surface area contributed by atoms with Crippen molar-refractivity contribution in [3.63, 3.8) is 0 Å². The van der Waals surface area contributed by atoms with E-state index >= 15 is 0 Å². The molecule has 0 aromatic heterocycles. The fraction of sp³-hybridized carbons (Fsp3) is 0.364. The van der Waals surface area contributed by atoms with Crippen molar-refractivity contribution in [1.82, 2.24) is 14.7 Å². The SMILES string of the molecule is COc1ccc(CCc2ccccc2OCC(CN(C)C)OC(=O)C(=O)O)cc1.COc1ccc(CCc2ccccc2OC[C@@H](CN(C)C)OC(=O)C(=O)O)cc1.COc1ccc(CCc2ccccc2OC[C@H](CN(C)C)OC(=O)C(=O)O)cc1. The molecule has 0 amide bonds. The highest BCUT2D eigenvalue weighted by Gasteiger charge is 2.25. The number of aryl methyl sites for hydroxylation is 6. The lowest BCUT2D eigenvalue weighted by atomic mass is 10.0. The van der Waals surface area contributed by atoms with Crippen LogP contribution >= 0.6 is 0 Å². The lowest BCUT2D eigenvalue weighted by Gasteiger charge is -2.21. The summed E-state index contributed by atoms with van der Waals surface area (Å²) in [5.74, 6) is -4.17. The minimum Gasteiger partial charge on any atom is -0.497 e. The molecule has 6 aromatic carbocycles. The summed E-state index contributed by atoms with van der Waals surface area (Å²) >= 11 is 0. The number of methoxy groups -OCH3 is 3. The van der Waals surface area contributed by atoms with Crippen LogP contribution < -0.4 is 28.4 Å². The molecule has 0 aliphatic heterocycles. The van der Waals surface area contributed by atoms with E-state index in [0.717, 1.165) is 72.5 Å². The highest BCUT2D eigenvalue weighted by atomic mass is 16.6. The Bertz CT molecular complexity index is 2740. The van der Waals surface area contributed by atoms with Crippen molar-refractivity contribution in [2.45, 2.75) is 56.8 Å². The van der Waals surface area contributed by atoms with Crippen LogP contribution in [0.15, 0.2) is 146 Å². The number of aliphatic carboxylic acids is 3. The fourth-order valence-corrected chi connectivity index (χ4v) is 8.51. The first-order chi connectivity index (χ1) is 41.7. The van der Waals surface area contributed by atoms with Gasteiger partial charge in [-0.1, -0.05) is 91.0 Å². The highest BCUT2D eigenvalue weighted by molar-refractivity contribution is 6.29. The quantitative estimate of drug-likeness (QED) is 0.0228. The molecule has 6 rings (SSSR count). The van der Waals surface area contributed by atoms with Gasteiger partial charge in [0, 0.05) is 19.6 Å². The summed E-state index contributed by atoms with van der Waals surface area (Å²) in [5.41, 5.74) is 6.62. The van der Waals surface area contributed by atoms with Crippen molar-refractivity contribution in [1.29, 1.82) is 0 Å². The van der Waals surface area contributed by atoms with E-state index in [2.05, 4.69) is 0 Å². The van der Waals surface area contributed by atoms with Gasteiger partial charge in [0.15, 0.2) is 0 Å². The van der Waals surface area contributed by atoms with Crippen LogP contribution in [0.1, 0.15) is 33.4 Å². The molecule has 1 unspecified atom stereocenters. The molecular weight excluding hydrogens is 1120 g/mol. The van der Waals surface area contributed by atoms with Crippen molar-refractivity contribution >= 4 is 35.8 Å². The average Bonchev–Trinajstić information content (AvgIpc) is 3.71. The molecule has 3 atom stereocenters. The van der Waals surface area contributed by atoms with Crippen molar-refractivity contribution in [3.8, 4) is 34.5 Å². The van der Waals surface area contributed by atoms with Crippen LogP contribution in [-0.2, 0) is 81.5 Å². The van der Waals surface area contributed by atoms with Crippen molar-refractivity contribution < 1.29 is 86.7 Å². The average molecular weight is 1200 g/mol. The number of carboxylic acids is 3. The minimum atomic E-state index is -1.62. The summed E-state index contributed by atoms with van der Waals surface area (Å²) < 4.78 is 48.3. The summed E-state index contributed by atoms with van der Waals surface area (Å²) in [4.78, 5) is 72.0. The Kier molecular flexibility index (Phi) is 30.7. The normalized spacial score (nSPS) is 11.7. The van der Waals surface area contributed by atoms with E-state index in [1.54, 1.807) is 36.0 Å². The molecule has 0 spiro atoms. The molecule has 21 heteroatoms. The summed E-state index contributed by atoms with van der Waals surface area (Å²) in [7, 11) is 15.8. The van der Waals surface area contributed by atoms with Gasteiger partial charge in [0.05, 0.1) is 21.3 Å². The smallest absolute Gasteiger partial charge is 0.417 e. The summed E-state index contributed by atoms with van der Waals surface area (Å²) in [6, 6.07) is 46.7. The summed E-state index contributed by atoms with van der Waals surface area (Å²) in [6.07, 6.45) is 2.74. The third-order valence-corrected chi connectivity index (χ3v) is 12.8. The van der Waals surface area contributed by atoms with E-state index in [9.17, 15) is 28.8 Å². The Morgan fingerprint density at radius 1 is 0.345 bits per heavy atom. The number of carbonyl (C=O) groups excluding carboxylic acids is 3. The maximum absolute atomic E-state index is 11.4. The monoisotopic (exact) mass is 1200 g/mol. The van der Waals surface area contributed by atoms with Gasteiger partial charge < -0.3 is 72.7 Å². The van der Waals surface area contributed by atoms with E-state index in [1.165, 1.54) is 16.7 Å². The zero-order chi connectivity index (χ0) is 63.7. The predicted octanol–water partition coefficient (Wildman–Crippen LogP) is 7.25. The second kappa shape index (κ2) is 38.0. The number of rotatable bonds is 30. The number of esters is 3. The van der Waals surface area contributed by atoms with Crippen LogP contribution in [0.3, 0.4) is 0 Å². The molecule has 3 N–H and O–H groups in total. The molecule has 0 radical (unpaired) electrons.